The number of ketones is 1. The molecule has 0 radical (unpaired) electrons. The van der Waals surface area contributed by atoms with E-state index in [1.165, 1.54) is 0 Å². The Kier molecular flexibility index (Phi) is 4.13. The molecule has 0 saturated carbocycles. The van der Waals surface area contributed by atoms with Gasteiger partial charge >= 0.3 is 0 Å². The molecule has 0 bridgehead atoms. The van der Waals surface area contributed by atoms with E-state index in [0.717, 1.165) is 12.0 Å². The van der Waals surface area contributed by atoms with E-state index in [1.807, 2.05) is 39.0 Å². The maximum absolute atomic E-state index is 12.1. The minimum absolute atomic E-state index is 0.401. The highest BCUT2D eigenvalue weighted by Crippen LogP contribution is 2.31. The first kappa shape index (κ1) is 15.2. The van der Waals surface area contributed by atoms with Gasteiger partial charge in [-0.15, -0.1) is 0 Å². The number of carbonyl (C=O) groups excluding carboxylic acids is 2. The van der Waals surface area contributed by atoms with Gasteiger partial charge in [0.15, 0.2) is 0 Å². The number of hydrogen-bond donors (Lipinski definition) is 0. The Morgan fingerprint density at radius 3 is 2.62 bits per heavy atom. The van der Waals surface area contributed by atoms with Crippen LogP contribution in [-0.2, 0) is 11.2 Å². The number of carbonyl (C=O) groups is 2. The Morgan fingerprint density at radius 1 is 1.29 bits per heavy atom. The molecule has 0 N–H and O–H groups in total. The zero-order valence-corrected chi connectivity index (χ0v) is 12.8. The molecule has 0 aliphatic carbocycles. The first-order valence-electron chi connectivity index (χ1n) is 7.30. The second kappa shape index (κ2) is 5.69. The molecule has 4 nitrogen and oxygen atoms in total. The van der Waals surface area contributed by atoms with Crippen LogP contribution in [0.1, 0.15) is 49.5 Å². The van der Waals surface area contributed by atoms with Crippen molar-refractivity contribution in [3.8, 4) is 6.07 Å². The zero-order chi connectivity index (χ0) is 15.6. The summed E-state index contributed by atoms with van der Waals surface area (Å²) in [5.41, 5.74) is 1.88. The fourth-order valence-corrected chi connectivity index (χ4v) is 2.52. The van der Waals surface area contributed by atoms with Gasteiger partial charge in [-0.1, -0.05) is 13.0 Å². The van der Waals surface area contributed by atoms with E-state index in [1.54, 1.807) is 4.90 Å². The topological polar surface area (TPSA) is 61.2 Å². The van der Waals surface area contributed by atoms with Gasteiger partial charge in [0.2, 0.25) is 0 Å². The van der Waals surface area contributed by atoms with E-state index in [0.29, 0.717) is 30.6 Å². The van der Waals surface area contributed by atoms with Crippen molar-refractivity contribution < 1.29 is 9.59 Å². The van der Waals surface area contributed by atoms with Crippen LogP contribution in [0.3, 0.4) is 0 Å². The van der Waals surface area contributed by atoms with Crippen molar-refractivity contribution in [2.75, 3.05) is 11.4 Å². The minimum atomic E-state index is -0.451. The third-order valence-corrected chi connectivity index (χ3v) is 3.93. The monoisotopic (exact) mass is 284 g/mol. The average Bonchev–Trinajstić information content (AvgIpc) is 2.71. The number of hydrogen-bond acceptors (Lipinski definition) is 3. The number of aryl methyl sites for hydroxylation is 1. The fourth-order valence-electron chi connectivity index (χ4n) is 2.52. The number of benzene rings is 1. The van der Waals surface area contributed by atoms with E-state index in [4.69, 9.17) is 5.26 Å². The molecule has 4 heteroatoms. The number of fused-ring (bicyclic) bond motifs is 1. The Morgan fingerprint density at radius 2 is 2.00 bits per heavy atom. The number of amides is 1. The van der Waals surface area contributed by atoms with E-state index in [9.17, 15) is 9.59 Å². The van der Waals surface area contributed by atoms with Gasteiger partial charge in [-0.3, -0.25) is 9.59 Å². The Bertz CT molecular complexity index is 626. The summed E-state index contributed by atoms with van der Waals surface area (Å²) in [7, 11) is 0. The van der Waals surface area contributed by atoms with Crippen molar-refractivity contribution in [1.82, 2.24) is 0 Å². The summed E-state index contributed by atoms with van der Waals surface area (Å²) < 4.78 is 0. The van der Waals surface area contributed by atoms with Crippen LogP contribution >= 0.6 is 0 Å². The SMILES string of the molecule is CCc1ccc2c(c1)C(=O)C(=O)N2CCCC(C)(C)C#N. The number of rotatable bonds is 5. The molecule has 0 spiro atoms. The van der Waals surface area contributed by atoms with Gasteiger partial charge in [-0.2, -0.15) is 5.26 Å². The van der Waals surface area contributed by atoms with Gasteiger partial charge in [-0.25, -0.2) is 0 Å². The molecule has 2 rings (SSSR count). The molecule has 1 aromatic rings. The molecule has 1 aliphatic heterocycles. The van der Waals surface area contributed by atoms with Gasteiger partial charge < -0.3 is 4.90 Å². The Labute approximate surface area is 125 Å². The Hall–Kier alpha value is -2.15. The largest absolute Gasteiger partial charge is 0.305 e. The second-order valence-electron chi connectivity index (χ2n) is 6.09. The summed E-state index contributed by atoms with van der Waals surface area (Å²) in [6, 6.07) is 7.87. The second-order valence-corrected chi connectivity index (χ2v) is 6.09. The van der Waals surface area contributed by atoms with Crippen LogP contribution in [-0.4, -0.2) is 18.2 Å². The van der Waals surface area contributed by atoms with Crippen LogP contribution in [0, 0.1) is 16.7 Å². The summed E-state index contributed by atoms with van der Waals surface area (Å²) in [6.45, 7) is 6.26. The van der Waals surface area contributed by atoms with Crippen molar-refractivity contribution in [3.63, 3.8) is 0 Å². The molecule has 1 amide bonds. The molecule has 0 fully saturated rings. The quantitative estimate of drug-likeness (QED) is 0.780. The smallest absolute Gasteiger partial charge is 0.299 e. The van der Waals surface area contributed by atoms with Gasteiger partial charge in [0.1, 0.15) is 0 Å². The number of anilines is 1. The predicted molar refractivity (Wildman–Crippen MR) is 81.1 cm³/mol. The van der Waals surface area contributed by atoms with Crippen LogP contribution in [0.15, 0.2) is 18.2 Å². The number of nitrogens with zero attached hydrogens (tertiary/aromatic N) is 2. The summed E-state index contributed by atoms with van der Waals surface area (Å²) in [5, 5.41) is 9.01. The highest BCUT2D eigenvalue weighted by atomic mass is 16.2. The van der Waals surface area contributed by atoms with Gasteiger partial charge in [0, 0.05) is 6.54 Å². The summed E-state index contributed by atoms with van der Waals surface area (Å²) in [6.07, 6.45) is 2.24. The first-order valence-corrected chi connectivity index (χ1v) is 7.30. The normalized spacial score (nSPS) is 14.3. The Balaban J connectivity index is 2.15. The molecule has 0 saturated heterocycles. The van der Waals surface area contributed by atoms with Crippen LogP contribution < -0.4 is 4.90 Å². The lowest BCUT2D eigenvalue weighted by Crippen LogP contribution is -2.31. The van der Waals surface area contributed by atoms with E-state index in [2.05, 4.69) is 6.07 Å². The standard InChI is InChI=1S/C17H20N2O2/c1-4-12-6-7-14-13(10-12)15(20)16(21)19(14)9-5-8-17(2,3)11-18/h6-7,10H,4-5,8-9H2,1-3H3. The van der Waals surface area contributed by atoms with Crippen LogP contribution in [0.4, 0.5) is 5.69 Å². The number of nitriles is 1. The van der Waals surface area contributed by atoms with E-state index < -0.39 is 17.1 Å². The van der Waals surface area contributed by atoms with Crippen molar-refractivity contribution in [2.45, 2.75) is 40.0 Å². The molecule has 1 aliphatic rings. The van der Waals surface area contributed by atoms with E-state index in [-0.39, 0.29) is 0 Å². The van der Waals surface area contributed by atoms with Crippen molar-refractivity contribution >= 4 is 17.4 Å². The third-order valence-electron chi connectivity index (χ3n) is 3.93. The van der Waals surface area contributed by atoms with Gasteiger partial charge in [-0.05, 0) is 50.8 Å². The molecule has 0 unspecified atom stereocenters. The highest BCUT2D eigenvalue weighted by Gasteiger charge is 2.35. The molecule has 110 valence electrons. The van der Waals surface area contributed by atoms with E-state index >= 15 is 0 Å². The van der Waals surface area contributed by atoms with Gasteiger partial charge in [0.25, 0.3) is 11.7 Å². The summed E-state index contributed by atoms with van der Waals surface area (Å²) in [5.74, 6) is -0.868. The molecule has 0 aromatic heterocycles. The van der Waals surface area contributed by atoms with Crippen molar-refractivity contribution in [2.24, 2.45) is 5.41 Å². The lowest BCUT2D eigenvalue weighted by molar-refractivity contribution is -0.114. The van der Waals surface area contributed by atoms with Crippen LogP contribution in [0.5, 0.6) is 0 Å². The third kappa shape index (κ3) is 2.97. The predicted octanol–water partition coefficient (Wildman–Crippen LogP) is 3.11. The number of Topliss-reactive ketones (excluding diaryl/α,β-unsaturated/α-hetero) is 1. The maximum atomic E-state index is 12.1. The van der Waals surface area contributed by atoms with Crippen molar-refractivity contribution in [3.05, 3.63) is 29.3 Å². The lowest BCUT2D eigenvalue weighted by atomic mass is 9.90. The van der Waals surface area contributed by atoms with Crippen LogP contribution in [0.25, 0.3) is 0 Å². The molecule has 1 aromatic carbocycles. The molecular formula is C17H20N2O2. The average molecular weight is 284 g/mol. The minimum Gasteiger partial charge on any atom is -0.305 e. The first-order chi connectivity index (χ1) is 9.89. The van der Waals surface area contributed by atoms with Crippen molar-refractivity contribution in [1.29, 1.82) is 5.26 Å². The van der Waals surface area contributed by atoms with Gasteiger partial charge in [0.05, 0.1) is 22.7 Å². The molecule has 1 heterocycles. The highest BCUT2D eigenvalue weighted by molar-refractivity contribution is 6.52. The lowest BCUT2D eigenvalue weighted by Gasteiger charge is -2.19. The summed E-state index contributed by atoms with van der Waals surface area (Å²) >= 11 is 0. The molecule has 21 heavy (non-hydrogen) atoms. The fraction of sp³-hybridized carbons (Fsp3) is 0.471. The molecular weight excluding hydrogens is 264 g/mol. The summed E-state index contributed by atoms with van der Waals surface area (Å²) in [4.78, 5) is 25.7. The zero-order valence-electron chi connectivity index (χ0n) is 12.8. The van der Waals surface area contributed by atoms with Crippen LogP contribution in [0.2, 0.25) is 0 Å². The molecule has 0 atom stereocenters. The maximum Gasteiger partial charge on any atom is 0.299 e.